The van der Waals surface area contributed by atoms with Crippen LogP contribution in [0.15, 0.2) is 36.5 Å². The molecule has 64 valence electrons. The number of nitrogens with two attached hydrogens (primary N) is 1. The van der Waals surface area contributed by atoms with Crippen LogP contribution >= 0.6 is 0 Å². The average Bonchev–Trinajstić information content (AvgIpc) is 2.12. The van der Waals surface area contributed by atoms with E-state index in [2.05, 4.69) is 13.2 Å². The highest BCUT2D eigenvalue weighted by molar-refractivity contribution is 6.02. The Morgan fingerprint density at radius 3 is 2.17 bits per heavy atom. The van der Waals surface area contributed by atoms with Gasteiger partial charge in [-0.3, -0.25) is 15.0 Å². The Bertz CT molecular complexity index is 244. The summed E-state index contributed by atoms with van der Waals surface area (Å²) in [5.41, 5.74) is 2.16. The molecule has 0 heterocycles. The highest BCUT2D eigenvalue weighted by Crippen LogP contribution is 2.03. The molecule has 0 bridgehead atoms. The summed E-state index contributed by atoms with van der Waals surface area (Å²) in [5.74, 6) is 4.30. The molecule has 3 N–H and O–H groups in total. The third-order valence-electron chi connectivity index (χ3n) is 1.24. The first kappa shape index (κ1) is 10.3. The summed E-state index contributed by atoms with van der Waals surface area (Å²) in [6.45, 7) is 6.73. The lowest BCUT2D eigenvalue weighted by molar-refractivity contribution is -0.117. The first-order chi connectivity index (χ1) is 5.71. The summed E-state index contributed by atoms with van der Waals surface area (Å²) in [6.07, 6.45) is 3.02. The van der Waals surface area contributed by atoms with Crippen LogP contribution in [0.25, 0.3) is 0 Å². The molecule has 0 aliphatic rings. The van der Waals surface area contributed by atoms with E-state index in [0.717, 1.165) is 0 Å². The second-order valence-electron chi connectivity index (χ2n) is 1.87. The molecule has 4 nitrogen and oxygen atoms in total. The number of amides is 1. The van der Waals surface area contributed by atoms with Crippen molar-refractivity contribution in [3.8, 4) is 0 Å². The van der Waals surface area contributed by atoms with Crippen molar-refractivity contribution in [3.63, 3.8) is 0 Å². The van der Waals surface area contributed by atoms with E-state index in [0.29, 0.717) is 6.29 Å². The molecule has 0 rings (SSSR count). The van der Waals surface area contributed by atoms with Crippen molar-refractivity contribution in [2.24, 2.45) is 5.84 Å². The van der Waals surface area contributed by atoms with E-state index in [1.807, 2.05) is 5.43 Å². The van der Waals surface area contributed by atoms with Gasteiger partial charge in [0, 0.05) is 5.57 Å². The molecule has 0 aliphatic heterocycles. The van der Waals surface area contributed by atoms with Gasteiger partial charge in [-0.25, -0.2) is 5.84 Å². The van der Waals surface area contributed by atoms with Crippen LogP contribution in [0.3, 0.4) is 0 Å². The largest absolute Gasteiger partial charge is 0.298 e. The minimum atomic E-state index is -0.563. The van der Waals surface area contributed by atoms with Gasteiger partial charge in [0.2, 0.25) is 0 Å². The van der Waals surface area contributed by atoms with Crippen LogP contribution in [0.4, 0.5) is 0 Å². The normalized spacial score (nSPS) is 11.1. The zero-order valence-corrected chi connectivity index (χ0v) is 6.54. The molecule has 0 radical (unpaired) electrons. The van der Waals surface area contributed by atoms with E-state index in [4.69, 9.17) is 5.84 Å². The number of hydrogen-bond donors (Lipinski definition) is 2. The lowest BCUT2D eigenvalue weighted by Gasteiger charge is -2.00. The number of hydrazine groups is 1. The number of carbonyl (C=O) groups excluding carboxylic acids is 2. The Labute approximate surface area is 70.4 Å². The van der Waals surface area contributed by atoms with E-state index < -0.39 is 5.91 Å². The van der Waals surface area contributed by atoms with Crippen molar-refractivity contribution in [1.82, 2.24) is 5.43 Å². The molecule has 0 spiro atoms. The summed E-state index contributed by atoms with van der Waals surface area (Å²) in [6, 6.07) is 0. The first-order valence-electron chi connectivity index (χ1n) is 3.16. The van der Waals surface area contributed by atoms with Crippen LogP contribution < -0.4 is 11.3 Å². The molecule has 4 heteroatoms. The Morgan fingerprint density at radius 1 is 1.33 bits per heavy atom. The molecule has 0 saturated carbocycles. The monoisotopic (exact) mass is 166 g/mol. The molecular weight excluding hydrogens is 156 g/mol. The van der Waals surface area contributed by atoms with Crippen LogP contribution in [0, 0.1) is 0 Å². The van der Waals surface area contributed by atoms with Gasteiger partial charge in [-0.15, -0.1) is 0 Å². The third-order valence-corrected chi connectivity index (χ3v) is 1.24. The van der Waals surface area contributed by atoms with E-state index >= 15 is 0 Å². The topological polar surface area (TPSA) is 72.2 Å². The smallest absolute Gasteiger partial charge is 0.265 e. The number of rotatable bonds is 4. The Balaban J connectivity index is 5.07. The fraction of sp³-hybridized carbons (Fsp3) is 0. The van der Waals surface area contributed by atoms with Crippen molar-refractivity contribution in [1.29, 1.82) is 0 Å². The van der Waals surface area contributed by atoms with Gasteiger partial charge >= 0.3 is 0 Å². The van der Waals surface area contributed by atoms with E-state index in [1.54, 1.807) is 0 Å². The van der Waals surface area contributed by atoms with Gasteiger partial charge < -0.3 is 0 Å². The minimum Gasteiger partial charge on any atom is -0.298 e. The van der Waals surface area contributed by atoms with Gasteiger partial charge in [-0.05, 0) is 0 Å². The maximum atomic E-state index is 10.9. The molecule has 12 heavy (non-hydrogen) atoms. The van der Waals surface area contributed by atoms with Crippen LogP contribution in [0.1, 0.15) is 0 Å². The fourth-order valence-electron chi connectivity index (χ4n) is 0.641. The lowest BCUT2D eigenvalue weighted by atomic mass is 10.1. The molecule has 0 aromatic heterocycles. The third kappa shape index (κ3) is 2.17. The second-order valence-corrected chi connectivity index (χ2v) is 1.87. The Kier molecular flexibility index (Phi) is 4.33. The van der Waals surface area contributed by atoms with Crippen molar-refractivity contribution >= 4 is 12.2 Å². The summed E-state index contributed by atoms with van der Waals surface area (Å²) in [7, 11) is 0. The standard InChI is InChI=1S/C8H10N2O2/c1-3-6(5-11)7(4-2)8(12)10-9/h3-5H,1-2,9H2,(H,10,12)/b7-6-. The maximum Gasteiger partial charge on any atom is 0.265 e. The molecule has 0 aliphatic carbocycles. The van der Waals surface area contributed by atoms with Gasteiger partial charge in [-0.2, -0.15) is 0 Å². The van der Waals surface area contributed by atoms with E-state index in [1.165, 1.54) is 12.2 Å². The van der Waals surface area contributed by atoms with Gasteiger partial charge in [0.15, 0.2) is 6.29 Å². The molecule has 0 fully saturated rings. The predicted molar refractivity (Wildman–Crippen MR) is 45.8 cm³/mol. The fourth-order valence-corrected chi connectivity index (χ4v) is 0.641. The van der Waals surface area contributed by atoms with Gasteiger partial charge in [0.25, 0.3) is 5.91 Å². The molecule has 0 unspecified atom stereocenters. The Morgan fingerprint density at radius 2 is 1.92 bits per heavy atom. The molecular formula is C8H10N2O2. The van der Waals surface area contributed by atoms with Crippen molar-refractivity contribution in [3.05, 3.63) is 36.5 Å². The van der Waals surface area contributed by atoms with Crippen LogP contribution in [-0.2, 0) is 9.59 Å². The van der Waals surface area contributed by atoms with Crippen LogP contribution in [0.5, 0.6) is 0 Å². The van der Waals surface area contributed by atoms with Crippen molar-refractivity contribution < 1.29 is 9.59 Å². The molecule has 0 atom stereocenters. The van der Waals surface area contributed by atoms with Crippen molar-refractivity contribution in [2.45, 2.75) is 0 Å². The van der Waals surface area contributed by atoms with Gasteiger partial charge in [0.05, 0.1) is 5.57 Å². The van der Waals surface area contributed by atoms with Crippen LogP contribution in [0.2, 0.25) is 0 Å². The maximum absolute atomic E-state index is 10.9. The number of nitrogens with one attached hydrogen (secondary N) is 1. The quantitative estimate of drug-likeness (QED) is 0.152. The highest BCUT2D eigenvalue weighted by atomic mass is 16.2. The van der Waals surface area contributed by atoms with Gasteiger partial charge in [0.1, 0.15) is 0 Å². The summed E-state index contributed by atoms with van der Waals surface area (Å²) in [5, 5.41) is 0. The molecule has 0 aromatic carbocycles. The number of carbonyl (C=O) groups is 2. The summed E-state index contributed by atoms with van der Waals surface area (Å²) < 4.78 is 0. The summed E-state index contributed by atoms with van der Waals surface area (Å²) >= 11 is 0. The van der Waals surface area contributed by atoms with E-state index in [-0.39, 0.29) is 11.1 Å². The van der Waals surface area contributed by atoms with Crippen LogP contribution in [-0.4, -0.2) is 12.2 Å². The highest BCUT2D eigenvalue weighted by Gasteiger charge is 2.07. The number of hydrogen-bond acceptors (Lipinski definition) is 3. The second kappa shape index (κ2) is 5.03. The zero-order valence-electron chi connectivity index (χ0n) is 6.54. The SMILES string of the molecule is C=C/C(C=O)=C(\C=C)C(=O)NN. The number of aldehydes is 1. The Hall–Kier alpha value is -1.68. The minimum absolute atomic E-state index is 0.113. The molecule has 0 saturated heterocycles. The van der Waals surface area contributed by atoms with Gasteiger partial charge in [-0.1, -0.05) is 25.3 Å². The zero-order chi connectivity index (χ0) is 9.56. The molecule has 0 aromatic rings. The lowest BCUT2D eigenvalue weighted by Crippen LogP contribution is -2.31. The average molecular weight is 166 g/mol. The molecule has 1 amide bonds. The first-order valence-corrected chi connectivity index (χ1v) is 3.16. The summed E-state index contributed by atoms with van der Waals surface area (Å²) in [4.78, 5) is 21.3. The van der Waals surface area contributed by atoms with Crippen molar-refractivity contribution in [2.75, 3.05) is 0 Å². The predicted octanol–water partition coefficient (Wildman–Crippen LogP) is -0.156. The van der Waals surface area contributed by atoms with E-state index in [9.17, 15) is 9.59 Å². The number of allylic oxidation sites excluding steroid dienone is 2.